The van der Waals surface area contributed by atoms with Gasteiger partial charge in [-0.1, -0.05) is 0 Å². The van der Waals surface area contributed by atoms with Crippen molar-refractivity contribution in [3.63, 3.8) is 0 Å². The van der Waals surface area contributed by atoms with Crippen LogP contribution < -0.4 is 18.5 Å². The standard InChI is InChI=1S/6CO2.Fe.3H3N/c6*2-1-3;;;;/h;;;;;;;3*1H3/p+3. The maximum Gasteiger partial charge on any atom is 0.373 e. The molecule has 128 valence electrons. The molecule has 0 bridgehead atoms. The maximum atomic E-state index is 8.12. The maximum absolute atomic E-state index is 8.12. The molecule has 0 aliphatic rings. The number of hydrogen-bond acceptors (Lipinski definition) is 12. The Balaban J connectivity index is -0.00000000947. The molecule has 0 aromatic heterocycles. The Bertz CT molecular complexity index is 254. The summed E-state index contributed by atoms with van der Waals surface area (Å²) in [5.74, 6) is 0. The van der Waals surface area contributed by atoms with Crippen LogP contribution in [0.3, 0.4) is 0 Å². The molecule has 22 heavy (non-hydrogen) atoms. The van der Waals surface area contributed by atoms with Crippen molar-refractivity contribution >= 4 is 36.9 Å². The van der Waals surface area contributed by atoms with Crippen molar-refractivity contribution in [1.29, 1.82) is 0 Å². The van der Waals surface area contributed by atoms with Gasteiger partial charge in [0.1, 0.15) is 0 Å². The molecule has 0 radical (unpaired) electrons. The Morgan fingerprint density at radius 2 is 0.273 bits per heavy atom. The fourth-order valence-electron chi connectivity index (χ4n) is 0. The summed E-state index contributed by atoms with van der Waals surface area (Å²) in [5, 5.41) is 0. The van der Waals surface area contributed by atoms with E-state index in [4.69, 9.17) is 57.5 Å². The average molecular weight is 374 g/mol. The van der Waals surface area contributed by atoms with Gasteiger partial charge in [0.05, 0.1) is 0 Å². The van der Waals surface area contributed by atoms with E-state index in [0.717, 1.165) is 0 Å². The van der Waals surface area contributed by atoms with E-state index < -0.39 is 0 Å². The summed E-state index contributed by atoms with van der Waals surface area (Å²) >= 11 is 0. The van der Waals surface area contributed by atoms with Gasteiger partial charge < -0.3 is 18.5 Å². The summed E-state index contributed by atoms with van der Waals surface area (Å²) in [6.07, 6.45) is 1.50. The van der Waals surface area contributed by atoms with Gasteiger partial charge in [-0.05, 0) is 0 Å². The van der Waals surface area contributed by atoms with Gasteiger partial charge >= 0.3 is 36.9 Å². The Hall–Kier alpha value is -3.32. The zero-order valence-corrected chi connectivity index (χ0v) is 12.4. The van der Waals surface area contributed by atoms with E-state index in [1.54, 1.807) is 0 Å². The van der Waals surface area contributed by atoms with Crippen LogP contribution in [0.5, 0.6) is 0 Å². The summed E-state index contributed by atoms with van der Waals surface area (Å²) < 4.78 is 0. The minimum atomic E-state index is 0. The third-order valence-corrected chi connectivity index (χ3v) is 0. The molecule has 0 aromatic rings. The van der Waals surface area contributed by atoms with E-state index in [-0.39, 0.29) is 72.4 Å². The van der Waals surface area contributed by atoms with Gasteiger partial charge in [0.2, 0.25) is 0 Å². The summed E-state index contributed by atoms with van der Waals surface area (Å²) in [7, 11) is 0. The van der Waals surface area contributed by atoms with Crippen molar-refractivity contribution in [3.05, 3.63) is 0 Å². The van der Waals surface area contributed by atoms with Gasteiger partial charge in [0.15, 0.2) is 0 Å². The molecule has 0 aliphatic carbocycles. The van der Waals surface area contributed by atoms with E-state index in [1.807, 2.05) is 0 Å². The zero-order chi connectivity index (χ0) is 16.2. The van der Waals surface area contributed by atoms with Gasteiger partial charge in [-0.2, -0.15) is 57.5 Å². The number of carbonyl (C=O) groups excluding carboxylic acids is 12. The minimum absolute atomic E-state index is 0. The number of rotatable bonds is 0. The quantitative estimate of drug-likeness (QED) is 0.374. The zero-order valence-electron chi connectivity index (χ0n) is 11.3. The molecule has 0 rings (SSSR count). The number of quaternary nitrogens is 3. The fraction of sp³-hybridized carbons (Fsp3) is 0. The minimum Gasteiger partial charge on any atom is -0.369 e. The topological polar surface area (TPSA) is 314 Å². The second-order valence-electron chi connectivity index (χ2n) is 0.500. The van der Waals surface area contributed by atoms with Crippen LogP contribution in [0.15, 0.2) is 0 Å². The summed E-state index contributed by atoms with van der Waals surface area (Å²) in [4.78, 5) is 97.5. The molecule has 0 saturated heterocycles. The molecular formula is C6H12FeN3O12+3. The summed E-state index contributed by atoms with van der Waals surface area (Å²) in [6.45, 7) is 0. The van der Waals surface area contributed by atoms with Crippen LogP contribution in [0.25, 0.3) is 0 Å². The van der Waals surface area contributed by atoms with E-state index in [9.17, 15) is 0 Å². The van der Waals surface area contributed by atoms with Crippen molar-refractivity contribution in [2.75, 3.05) is 0 Å². The SMILES string of the molecule is O=C=O.O=C=O.O=C=O.O=C=O.O=C=O.O=C=O.[Fe].[NH4+].[NH4+].[NH4+]. The summed E-state index contributed by atoms with van der Waals surface area (Å²) in [5.41, 5.74) is 0. The Morgan fingerprint density at radius 1 is 0.273 bits per heavy atom. The fourth-order valence-corrected chi connectivity index (χ4v) is 0. The van der Waals surface area contributed by atoms with Gasteiger partial charge in [-0.3, -0.25) is 0 Å². The first kappa shape index (κ1) is 77.5. The average Bonchev–Trinajstić information content (AvgIpc) is 2.23. The molecule has 15 nitrogen and oxygen atoms in total. The molecule has 0 atom stereocenters. The largest absolute Gasteiger partial charge is 0.373 e. The van der Waals surface area contributed by atoms with Crippen LogP contribution in [0.4, 0.5) is 0 Å². The second kappa shape index (κ2) is 685. The monoisotopic (exact) mass is 374 g/mol. The first-order valence-electron chi connectivity index (χ1n) is 2.45. The predicted molar refractivity (Wildman–Crippen MR) is 48.0 cm³/mol. The van der Waals surface area contributed by atoms with E-state index in [0.29, 0.717) is 0 Å². The van der Waals surface area contributed by atoms with Crippen molar-refractivity contribution in [1.82, 2.24) is 18.5 Å². The first-order valence-corrected chi connectivity index (χ1v) is 2.45. The van der Waals surface area contributed by atoms with Crippen LogP contribution >= 0.6 is 0 Å². The normalized spacial score (nSPS) is 2.18. The molecule has 16 heteroatoms. The smallest absolute Gasteiger partial charge is 0.369 e. The molecule has 0 saturated carbocycles. The molecule has 0 spiro atoms. The van der Waals surface area contributed by atoms with E-state index >= 15 is 0 Å². The van der Waals surface area contributed by atoms with Crippen LogP contribution in [0, 0.1) is 0 Å². The van der Waals surface area contributed by atoms with Gasteiger partial charge in [-0.15, -0.1) is 0 Å². The van der Waals surface area contributed by atoms with E-state index in [1.165, 1.54) is 0 Å². The molecule has 0 aromatic carbocycles. The van der Waals surface area contributed by atoms with E-state index in [2.05, 4.69) is 0 Å². The number of hydrogen-bond donors (Lipinski definition) is 3. The van der Waals surface area contributed by atoms with Gasteiger partial charge in [-0.25, -0.2) is 0 Å². The van der Waals surface area contributed by atoms with Gasteiger partial charge in [0.25, 0.3) is 0 Å². The molecular weight excluding hydrogens is 362 g/mol. The Morgan fingerprint density at radius 3 is 0.273 bits per heavy atom. The van der Waals surface area contributed by atoms with Crippen molar-refractivity contribution in [2.24, 2.45) is 0 Å². The Labute approximate surface area is 131 Å². The van der Waals surface area contributed by atoms with Crippen LogP contribution in [0.1, 0.15) is 0 Å². The predicted octanol–water partition coefficient (Wildman–Crippen LogP) is -2.37. The van der Waals surface area contributed by atoms with Crippen LogP contribution in [-0.4, -0.2) is 36.9 Å². The van der Waals surface area contributed by atoms with Crippen molar-refractivity contribution in [3.8, 4) is 0 Å². The molecule has 0 unspecified atom stereocenters. The van der Waals surface area contributed by atoms with Gasteiger partial charge in [0, 0.05) is 17.1 Å². The molecule has 0 amide bonds. The van der Waals surface area contributed by atoms with Crippen LogP contribution in [0.2, 0.25) is 0 Å². The second-order valence-corrected chi connectivity index (χ2v) is 0.500. The Kier molecular flexibility index (Phi) is 2410. The van der Waals surface area contributed by atoms with Crippen LogP contribution in [-0.2, 0) is 74.6 Å². The van der Waals surface area contributed by atoms with Crippen molar-refractivity contribution < 1.29 is 74.6 Å². The van der Waals surface area contributed by atoms with Crippen molar-refractivity contribution in [2.45, 2.75) is 0 Å². The molecule has 12 N–H and O–H groups in total. The molecule has 0 fully saturated rings. The molecule has 0 heterocycles. The third kappa shape index (κ3) is 372. The summed E-state index contributed by atoms with van der Waals surface area (Å²) in [6, 6.07) is 0. The molecule has 0 aliphatic heterocycles. The first-order chi connectivity index (χ1) is 8.49. The third-order valence-electron chi connectivity index (χ3n) is 0.